The van der Waals surface area contributed by atoms with Crippen molar-refractivity contribution in [3.63, 3.8) is 0 Å². The minimum absolute atomic E-state index is 0.0776. The third-order valence-electron chi connectivity index (χ3n) is 4.99. The summed E-state index contributed by atoms with van der Waals surface area (Å²) in [5.41, 5.74) is 0.851. The van der Waals surface area contributed by atoms with Gasteiger partial charge in [0.2, 0.25) is 5.91 Å². The Morgan fingerprint density at radius 2 is 2.17 bits per heavy atom. The smallest absolute Gasteiger partial charge is 0.228 e. The Hall–Kier alpha value is -1.30. The lowest BCUT2D eigenvalue weighted by molar-refractivity contribution is -0.118. The topological polar surface area (TPSA) is 59.6 Å². The molecule has 2 N–H and O–H groups in total. The summed E-state index contributed by atoms with van der Waals surface area (Å²) in [6, 6.07) is 5.29. The van der Waals surface area contributed by atoms with Crippen molar-refractivity contribution in [3.05, 3.63) is 23.2 Å². The van der Waals surface area contributed by atoms with Crippen LogP contribution in [0.2, 0.25) is 5.02 Å². The molecule has 1 aliphatic heterocycles. The molecular weight excluding hydrogens is 328 g/mol. The third-order valence-corrected chi connectivity index (χ3v) is 5.23. The summed E-state index contributed by atoms with van der Waals surface area (Å²) >= 11 is 6.08. The van der Waals surface area contributed by atoms with Crippen LogP contribution in [-0.2, 0) is 9.53 Å². The molecule has 1 saturated carbocycles. The van der Waals surface area contributed by atoms with E-state index < -0.39 is 0 Å². The molecule has 1 heterocycles. The number of benzene rings is 1. The number of carbonyl (C=O) groups excluding carboxylic acids is 1. The van der Waals surface area contributed by atoms with Gasteiger partial charge < -0.3 is 20.1 Å². The molecule has 132 valence electrons. The fourth-order valence-electron chi connectivity index (χ4n) is 3.50. The van der Waals surface area contributed by atoms with Crippen LogP contribution in [0.3, 0.4) is 0 Å². The maximum Gasteiger partial charge on any atom is 0.228 e. The second-order valence-corrected chi connectivity index (χ2v) is 6.98. The van der Waals surface area contributed by atoms with Crippen LogP contribution in [0.15, 0.2) is 18.2 Å². The summed E-state index contributed by atoms with van der Waals surface area (Å²) in [7, 11) is 0. The van der Waals surface area contributed by atoms with Crippen molar-refractivity contribution in [2.45, 2.75) is 26.2 Å². The quantitative estimate of drug-likeness (QED) is 0.740. The van der Waals surface area contributed by atoms with Crippen molar-refractivity contribution in [2.75, 3.05) is 38.2 Å². The second kappa shape index (κ2) is 7.72. The van der Waals surface area contributed by atoms with Crippen LogP contribution in [0.4, 0.5) is 5.69 Å². The molecule has 24 heavy (non-hydrogen) atoms. The van der Waals surface area contributed by atoms with Crippen LogP contribution in [0.5, 0.6) is 5.75 Å². The van der Waals surface area contributed by atoms with Gasteiger partial charge in [0.05, 0.1) is 12.3 Å². The summed E-state index contributed by atoms with van der Waals surface area (Å²) in [4.78, 5) is 12.6. The van der Waals surface area contributed by atoms with Crippen LogP contribution in [0, 0.1) is 11.3 Å². The van der Waals surface area contributed by atoms with Crippen molar-refractivity contribution in [1.82, 2.24) is 5.32 Å². The van der Waals surface area contributed by atoms with Crippen LogP contribution in [-0.4, -0.2) is 38.8 Å². The van der Waals surface area contributed by atoms with Gasteiger partial charge in [0.1, 0.15) is 12.4 Å². The molecule has 0 aromatic heterocycles. The number of hydrogen-bond acceptors (Lipinski definition) is 4. The van der Waals surface area contributed by atoms with Crippen molar-refractivity contribution < 1.29 is 14.3 Å². The lowest BCUT2D eigenvalue weighted by Gasteiger charge is -2.23. The van der Waals surface area contributed by atoms with Crippen LogP contribution < -0.4 is 15.4 Å². The van der Waals surface area contributed by atoms with Gasteiger partial charge in [-0.05, 0) is 62.9 Å². The fraction of sp³-hybridized carbons (Fsp3) is 0.611. The summed E-state index contributed by atoms with van der Waals surface area (Å²) in [6.07, 6.45) is 3.15. The molecule has 3 rings (SSSR count). The zero-order valence-corrected chi connectivity index (χ0v) is 14.8. The molecule has 1 aromatic rings. The zero-order chi connectivity index (χ0) is 17.0. The Morgan fingerprint density at radius 1 is 1.38 bits per heavy atom. The van der Waals surface area contributed by atoms with E-state index in [-0.39, 0.29) is 17.2 Å². The van der Waals surface area contributed by atoms with Gasteiger partial charge in [0.15, 0.2) is 0 Å². The molecule has 2 fully saturated rings. The number of nitrogens with one attached hydrogen (secondary N) is 2. The Labute approximate surface area is 148 Å². The molecule has 1 aromatic carbocycles. The van der Waals surface area contributed by atoms with Crippen molar-refractivity contribution in [2.24, 2.45) is 11.3 Å². The summed E-state index contributed by atoms with van der Waals surface area (Å²) in [5, 5.41) is 6.95. The van der Waals surface area contributed by atoms with Crippen molar-refractivity contribution >= 4 is 23.2 Å². The molecule has 5 nitrogen and oxygen atoms in total. The highest BCUT2D eigenvalue weighted by molar-refractivity contribution is 6.31. The minimum atomic E-state index is 0.0776. The van der Waals surface area contributed by atoms with Gasteiger partial charge in [-0.2, -0.15) is 0 Å². The number of halogens is 1. The van der Waals surface area contributed by atoms with E-state index in [9.17, 15) is 4.79 Å². The molecule has 1 unspecified atom stereocenters. The van der Waals surface area contributed by atoms with Gasteiger partial charge in [0.25, 0.3) is 0 Å². The van der Waals surface area contributed by atoms with Crippen molar-refractivity contribution in [3.8, 4) is 5.75 Å². The zero-order valence-electron chi connectivity index (χ0n) is 14.1. The average Bonchev–Trinajstić information content (AvgIpc) is 3.27. The first-order chi connectivity index (χ1) is 11.6. The molecule has 1 amide bonds. The highest BCUT2D eigenvalue weighted by atomic mass is 35.5. The number of ether oxygens (including phenoxy) is 2. The van der Waals surface area contributed by atoms with Gasteiger partial charge in [-0.1, -0.05) is 11.6 Å². The fourth-order valence-corrected chi connectivity index (χ4v) is 3.67. The van der Waals surface area contributed by atoms with E-state index in [1.807, 2.05) is 6.92 Å². The van der Waals surface area contributed by atoms with E-state index in [4.69, 9.17) is 21.1 Å². The predicted octanol–water partition coefficient (Wildman–Crippen LogP) is 3.08. The third kappa shape index (κ3) is 4.02. The molecule has 6 heteroatoms. The lowest BCUT2D eigenvalue weighted by Crippen LogP contribution is -2.31. The maximum absolute atomic E-state index is 12.6. The Balaban J connectivity index is 1.61. The maximum atomic E-state index is 12.6. The van der Waals surface area contributed by atoms with Gasteiger partial charge in [0, 0.05) is 17.5 Å². The Bertz CT molecular complexity index is 588. The van der Waals surface area contributed by atoms with E-state index >= 15 is 0 Å². The molecule has 0 bridgehead atoms. The van der Waals surface area contributed by atoms with E-state index in [0.717, 1.165) is 32.4 Å². The minimum Gasteiger partial charge on any atom is -0.489 e. The number of anilines is 1. The van der Waals surface area contributed by atoms with Crippen LogP contribution >= 0.6 is 11.6 Å². The molecule has 0 radical (unpaired) electrons. The summed E-state index contributed by atoms with van der Waals surface area (Å²) in [6.45, 7) is 5.58. The SMILES string of the molecule is CCOCCOc1ccc(Cl)cc1NC(=O)C1CC12CCNCC2. The van der Waals surface area contributed by atoms with Crippen LogP contribution in [0.1, 0.15) is 26.2 Å². The van der Waals surface area contributed by atoms with Gasteiger partial charge >= 0.3 is 0 Å². The average molecular weight is 353 g/mol. The van der Waals surface area contributed by atoms with Gasteiger partial charge in [-0.15, -0.1) is 0 Å². The van der Waals surface area contributed by atoms with E-state index in [1.54, 1.807) is 18.2 Å². The highest BCUT2D eigenvalue weighted by Crippen LogP contribution is 2.58. The molecule has 2 aliphatic rings. The predicted molar refractivity (Wildman–Crippen MR) is 94.7 cm³/mol. The molecule has 1 aliphatic carbocycles. The van der Waals surface area contributed by atoms with E-state index in [2.05, 4.69) is 10.6 Å². The number of amides is 1. The first-order valence-corrected chi connectivity index (χ1v) is 9.04. The van der Waals surface area contributed by atoms with Gasteiger partial charge in [-0.25, -0.2) is 0 Å². The van der Waals surface area contributed by atoms with E-state index in [1.165, 1.54) is 0 Å². The number of piperidine rings is 1. The molecular formula is C18H25ClN2O3. The largest absolute Gasteiger partial charge is 0.489 e. The van der Waals surface area contributed by atoms with Crippen LogP contribution in [0.25, 0.3) is 0 Å². The lowest BCUT2D eigenvalue weighted by atomic mass is 9.92. The summed E-state index contributed by atoms with van der Waals surface area (Å²) in [5.74, 6) is 0.816. The first kappa shape index (κ1) is 17.5. The van der Waals surface area contributed by atoms with Crippen molar-refractivity contribution in [1.29, 1.82) is 0 Å². The normalized spacial score (nSPS) is 21.5. The van der Waals surface area contributed by atoms with Gasteiger partial charge in [-0.3, -0.25) is 4.79 Å². The molecule has 1 saturated heterocycles. The highest BCUT2D eigenvalue weighted by Gasteiger charge is 2.57. The second-order valence-electron chi connectivity index (χ2n) is 6.54. The number of rotatable bonds is 7. The molecule has 1 atom stereocenters. The molecule has 1 spiro atoms. The standard InChI is InChI=1S/C18H25ClN2O3/c1-2-23-9-10-24-16-4-3-13(19)11-15(16)21-17(22)14-12-18(14)5-7-20-8-6-18/h3-4,11,14,20H,2,5-10,12H2,1H3,(H,21,22). The monoisotopic (exact) mass is 352 g/mol. The first-order valence-electron chi connectivity index (χ1n) is 8.66. The Kier molecular flexibility index (Phi) is 5.64. The Morgan fingerprint density at radius 3 is 2.92 bits per heavy atom. The summed E-state index contributed by atoms with van der Waals surface area (Å²) < 4.78 is 11.0. The number of carbonyl (C=O) groups is 1. The number of hydrogen-bond donors (Lipinski definition) is 2. The van der Waals surface area contributed by atoms with E-state index in [0.29, 0.717) is 36.3 Å².